The summed E-state index contributed by atoms with van der Waals surface area (Å²) in [4.78, 5) is 27.1. The number of aryl methyl sites for hydroxylation is 1. The number of hydrogen-bond acceptors (Lipinski definition) is 6. The molecule has 9 heteroatoms. The van der Waals surface area contributed by atoms with Crippen LogP contribution >= 0.6 is 0 Å². The van der Waals surface area contributed by atoms with Gasteiger partial charge in [0.15, 0.2) is 0 Å². The fourth-order valence-corrected chi connectivity index (χ4v) is 3.11. The molecule has 134 valence electrons. The highest BCUT2D eigenvalue weighted by atomic mass is 16.6. The fourth-order valence-electron chi connectivity index (χ4n) is 3.11. The summed E-state index contributed by atoms with van der Waals surface area (Å²) in [6.45, 7) is 6.75. The number of nitrogens with zero attached hydrogens (tertiary/aromatic N) is 5. The molecule has 0 unspecified atom stereocenters. The van der Waals surface area contributed by atoms with Crippen LogP contribution < -0.4 is 0 Å². The minimum atomic E-state index is -0.452. The highest BCUT2D eigenvalue weighted by Crippen LogP contribution is 2.21. The summed E-state index contributed by atoms with van der Waals surface area (Å²) in [5.74, 6) is 0.841. The first-order chi connectivity index (χ1) is 12.0. The van der Waals surface area contributed by atoms with Gasteiger partial charge in [-0.2, -0.15) is 5.10 Å². The molecule has 0 spiro atoms. The van der Waals surface area contributed by atoms with Crippen molar-refractivity contribution in [2.24, 2.45) is 0 Å². The van der Waals surface area contributed by atoms with Crippen LogP contribution in [0.25, 0.3) is 0 Å². The van der Waals surface area contributed by atoms with Crippen LogP contribution in [0.5, 0.6) is 0 Å². The van der Waals surface area contributed by atoms with Gasteiger partial charge in [0.25, 0.3) is 0 Å². The Hall–Kier alpha value is -2.68. The lowest BCUT2D eigenvalue weighted by atomic mass is 10.3. The topological polar surface area (TPSA) is 97.7 Å². The molecule has 1 aliphatic heterocycles. The molecule has 25 heavy (non-hydrogen) atoms. The van der Waals surface area contributed by atoms with Gasteiger partial charge in [-0.1, -0.05) is 0 Å². The first-order valence-electron chi connectivity index (χ1n) is 8.16. The lowest BCUT2D eigenvalue weighted by Crippen LogP contribution is -2.49. The maximum absolute atomic E-state index is 12.5. The van der Waals surface area contributed by atoms with Crippen LogP contribution in [0.1, 0.15) is 17.1 Å². The largest absolute Gasteiger partial charge is 0.468 e. The van der Waals surface area contributed by atoms with E-state index in [-0.39, 0.29) is 18.1 Å². The Morgan fingerprint density at radius 3 is 2.60 bits per heavy atom. The molecule has 0 radical (unpaired) electrons. The van der Waals surface area contributed by atoms with Gasteiger partial charge in [0.1, 0.15) is 23.7 Å². The lowest BCUT2D eigenvalue weighted by Gasteiger charge is -2.34. The summed E-state index contributed by atoms with van der Waals surface area (Å²) in [6, 6.07) is 3.80. The Bertz CT molecular complexity index is 760. The van der Waals surface area contributed by atoms with Gasteiger partial charge in [0.05, 0.1) is 17.7 Å². The third-order valence-electron chi connectivity index (χ3n) is 4.50. The van der Waals surface area contributed by atoms with Gasteiger partial charge in [-0.3, -0.25) is 24.5 Å². The summed E-state index contributed by atoms with van der Waals surface area (Å²) in [6.07, 6.45) is 1.66. The summed E-state index contributed by atoms with van der Waals surface area (Å²) < 4.78 is 6.77. The highest BCUT2D eigenvalue weighted by Gasteiger charge is 2.26. The quantitative estimate of drug-likeness (QED) is 0.598. The molecule has 1 saturated heterocycles. The molecule has 0 atom stereocenters. The van der Waals surface area contributed by atoms with E-state index in [4.69, 9.17) is 4.42 Å². The normalized spacial score (nSPS) is 15.5. The lowest BCUT2D eigenvalue weighted by molar-refractivity contribution is -0.386. The molecule has 9 nitrogen and oxygen atoms in total. The van der Waals surface area contributed by atoms with Crippen molar-refractivity contribution in [3.8, 4) is 0 Å². The number of carbonyl (C=O) groups is 1. The Kier molecular flexibility index (Phi) is 4.84. The van der Waals surface area contributed by atoms with Crippen molar-refractivity contribution in [2.75, 3.05) is 26.2 Å². The van der Waals surface area contributed by atoms with Crippen molar-refractivity contribution in [2.45, 2.75) is 26.9 Å². The van der Waals surface area contributed by atoms with Gasteiger partial charge >= 0.3 is 5.69 Å². The van der Waals surface area contributed by atoms with E-state index >= 15 is 0 Å². The van der Waals surface area contributed by atoms with E-state index in [1.807, 2.05) is 12.1 Å². The molecule has 1 fully saturated rings. The van der Waals surface area contributed by atoms with Gasteiger partial charge in [0, 0.05) is 26.2 Å². The van der Waals surface area contributed by atoms with Gasteiger partial charge < -0.3 is 9.32 Å². The first kappa shape index (κ1) is 17.2. The molecular formula is C16H21N5O4. The highest BCUT2D eigenvalue weighted by molar-refractivity contribution is 5.76. The van der Waals surface area contributed by atoms with E-state index in [0.717, 1.165) is 25.4 Å². The molecule has 1 aliphatic rings. The van der Waals surface area contributed by atoms with E-state index in [1.165, 1.54) is 4.68 Å². The van der Waals surface area contributed by atoms with Crippen molar-refractivity contribution in [1.82, 2.24) is 19.6 Å². The second-order valence-electron chi connectivity index (χ2n) is 6.17. The zero-order valence-electron chi connectivity index (χ0n) is 14.3. The summed E-state index contributed by atoms with van der Waals surface area (Å²) in [5, 5.41) is 15.2. The molecule has 0 N–H and O–H groups in total. The van der Waals surface area contributed by atoms with Crippen molar-refractivity contribution >= 4 is 11.6 Å². The van der Waals surface area contributed by atoms with Crippen LogP contribution in [0.4, 0.5) is 5.69 Å². The summed E-state index contributed by atoms with van der Waals surface area (Å²) in [5.41, 5.74) is 0.724. The Morgan fingerprint density at radius 1 is 1.32 bits per heavy atom. The van der Waals surface area contributed by atoms with E-state index in [1.54, 1.807) is 25.0 Å². The number of aromatic nitrogens is 2. The first-order valence-corrected chi connectivity index (χ1v) is 8.16. The molecule has 2 aromatic rings. The van der Waals surface area contributed by atoms with Crippen molar-refractivity contribution in [3.05, 3.63) is 45.7 Å². The van der Waals surface area contributed by atoms with Crippen LogP contribution in [-0.2, 0) is 17.9 Å². The molecule has 1 amide bonds. The van der Waals surface area contributed by atoms with E-state index in [9.17, 15) is 14.9 Å². The van der Waals surface area contributed by atoms with Gasteiger partial charge in [0.2, 0.25) is 5.91 Å². The van der Waals surface area contributed by atoms with Gasteiger partial charge in [-0.15, -0.1) is 0 Å². The van der Waals surface area contributed by atoms with Crippen LogP contribution in [-0.4, -0.2) is 56.6 Å². The molecule has 0 bridgehead atoms. The third kappa shape index (κ3) is 3.71. The van der Waals surface area contributed by atoms with Crippen LogP contribution in [0.2, 0.25) is 0 Å². The molecule has 2 aromatic heterocycles. The number of rotatable bonds is 5. The molecule has 0 saturated carbocycles. The van der Waals surface area contributed by atoms with E-state index < -0.39 is 4.92 Å². The maximum atomic E-state index is 12.5. The predicted molar refractivity (Wildman–Crippen MR) is 88.9 cm³/mol. The predicted octanol–water partition coefficient (Wildman–Crippen LogP) is 1.35. The van der Waals surface area contributed by atoms with E-state index in [0.29, 0.717) is 24.5 Å². The van der Waals surface area contributed by atoms with E-state index in [2.05, 4.69) is 10.00 Å². The number of nitro groups is 1. The van der Waals surface area contributed by atoms with Crippen molar-refractivity contribution < 1.29 is 14.1 Å². The Labute approximate surface area is 145 Å². The fraction of sp³-hybridized carbons (Fsp3) is 0.500. The molecule has 0 aliphatic carbocycles. The van der Waals surface area contributed by atoms with Crippen LogP contribution in [0.3, 0.4) is 0 Å². The minimum absolute atomic E-state index is 0.0175. The minimum Gasteiger partial charge on any atom is -0.468 e. The summed E-state index contributed by atoms with van der Waals surface area (Å²) in [7, 11) is 0. The number of furan rings is 1. The maximum Gasteiger partial charge on any atom is 0.312 e. The van der Waals surface area contributed by atoms with Crippen molar-refractivity contribution in [1.29, 1.82) is 0 Å². The Morgan fingerprint density at radius 2 is 2.04 bits per heavy atom. The van der Waals surface area contributed by atoms with Crippen molar-refractivity contribution in [3.63, 3.8) is 0 Å². The molecule has 3 heterocycles. The number of carbonyl (C=O) groups excluding carboxylic acids is 1. The molecule has 0 aromatic carbocycles. The van der Waals surface area contributed by atoms with Gasteiger partial charge in [-0.05, 0) is 26.0 Å². The average molecular weight is 347 g/mol. The zero-order valence-corrected chi connectivity index (χ0v) is 14.3. The van der Waals surface area contributed by atoms with Crippen LogP contribution in [0.15, 0.2) is 22.8 Å². The molecular weight excluding hydrogens is 326 g/mol. The smallest absolute Gasteiger partial charge is 0.312 e. The summed E-state index contributed by atoms with van der Waals surface area (Å²) >= 11 is 0. The standard InChI is InChI=1S/C16H21N5O4/c1-12-16(21(23)24)13(2)20(17-12)11-15(22)19-7-5-18(6-8-19)10-14-4-3-9-25-14/h3-4,9H,5-8,10-11H2,1-2H3. The second-order valence-corrected chi connectivity index (χ2v) is 6.17. The molecule has 3 rings (SSSR count). The third-order valence-corrected chi connectivity index (χ3v) is 4.50. The van der Waals surface area contributed by atoms with Gasteiger partial charge in [-0.25, -0.2) is 0 Å². The SMILES string of the molecule is Cc1nn(CC(=O)N2CCN(Cc3ccco3)CC2)c(C)c1[N+](=O)[O-]. The number of piperazine rings is 1. The Balaban J connectivity index is 1.56. The number of hydrogen-bond donors (Lipinski definition) is 0. The monoisotopic (exact) mass is 347 g/mol. The average Bonchev–Trinajstić information content (AvgIpc) is 3.16. The second kappa shape index (κ2) is 7.06. The number of amides is 1. The zero-order chi connectivity index (χ0) is 18.0. The van der Waals surface area contributed by atoms with Crippen LogP contribution in [0, 0.1) is 24.0 Å².